The number of hydrogen-bond acceptors (Lipinski definition) is 5. The number of carbonyl (C=O) groups is 2. The topological polar surface area (TPSA) is 92.9 Å². The maximum absolute atomic E-state index is 13.7. The number of halogens is 5. The van der Waals surface area contributed by atoms with E-state index in [1.54, 1.807) is 13.0 Å². The maximum atomic E-state index is 13.7. The van der Waals surface area contributed by atoms with Crippen molar-refractivity contribution in [2.75, 3.05) is 6.61 Å². The Labute approximate surface area is 219 Å². The number of fused-ring (bicyclic) bond motifs is 1. The van der Waals surface area contributed by atoms with E-state index < -0.39 is 43.0 Å². The molecule has 1 amide bonds. The van der Waals surface area contributed by atoms with Crippen molar-refractivity contribution in [2.45, 2.75) is 44.5 Å². The van der Waals surface area contributed by atoms with Crippen LogP contribution in [0.5, 0.6) is 5.75 Å². The fourth-order valence-electron chi connectivity index (χ4n) is 4.14. The van der Waals surface area contributed by atoms with Gasteiger partial charge in [-0.05, 0) is 41.8 Å². The molecule has 0 saturated heterocycles. The van der Waals surface area contributed by atoms with Gasteiger partial charge >= 0.3 is 24.0 Å². The Morgan fingerprint density at radius 1 is 1.10 bits per heavy atom. The zero-order valence-electron chi connectivity index (χ0n) is 20.5. The van der Waals surface area contributed by atoms with Crippen molar-refractivity contribution in [1.29, 1.82) is 0 Å². The number of rotatable bonds is 8. The number of aromatic nitrogens is 1. The van der Waals surface area contributed by atoms with E-state index in [0.717, 1.165) is 5.56 Å². The van der Waals surface area contributed by atoms with Crippen molar-refractivity contribution in [1.82, 2.24) is 9.88 Å². The van der Waals surface area contributed by atoms with Gasteiger partial charge in [0.1, 0.15) is 17.6 Å². The lowest BCUT2D eigenvalue weighted by molar-refractivity contribution is -0.275. The number of carbonyl (C=O) groups excluding carboxylic acids is 1. The molecule has 3 aromatic rings. The Balaban J connectivity index is 1.43. The highest BCUT2D eigenvalue weighted by Crippen LogP contribution is 2.39. The summed E-state index contributed by atoms with van der Waals surface area (Å²) in [6, 6.07) is 12.1. The van der Waals surface area contributed by atoms with Crippen LogP contribution in [0, 0.1) is 6.92 Å². The number of nitrogens with zero attached hydrogens (tertiary/aromatic N) is 2. The molecule has 206 valence electrons. The molecule has 2 heterocycles. The summed E-state index contributed by atoms with van der Waals surface area (Å²) in [7, 11) is 0. The summed E-state index contributed by atoms with van der Waals surface area (Å²) in [5, 5.41) is 9.38. The summed E-state index contributed by atoms with van der Waals surface area (Å²) in [6.07, 6.45) is -2.64. The van der Waals surface area contributed by atoms with Gasteiger partial charge in [0.05, 0.1) is 12.3 Å². The van der Waals surface area contributed by atoms with Crippen molar-refractivity contribution in [3.8, 4) is 5.75 Å². The third-order valence-electron chi connectivity index (χ3n) is 6.21. The van der Waals surface area contributed by atoms with Gasteiger partial charge < -0.3 is 19.2 Å². The fourth-order valence-corrected chi connectivity index (χ4v) is 4.14. The Hall–Kier alpha value is -4.22. The second-order valence-corrected chi connectivity index (χ2v) is 8.89. The van der Waals surface area contributed by atoms with Gasteiger partial charge in [-0.15, -0.1) is 0 Å². The molecular formula is C27H23F5N2O5. The van der Waals surface area contributed by atoms with Crippen LogP contribution in [0.25, 0.3) is 12.2 Å². The third-order valence-corrected chi connectivity index (χ3v) is 6.21. The van der Waals surface area contributed by atoms with Crippen LogP contribution >= 0.6 is 0 Å². The van der Waals surface area contributed by atoms with Crippen LogP contribution in [0.4, 0.5) is 22.0 Å². The number of carboxylic acids is 1. The normalized spacial score (nSPS) is 15.8. The molecule has 7 nitrogen and oxygen atoms in total. The Kier molecular flexibility index (Phi) is 7.75. The third kappa shape index (κ3) is 6.10. The van der Waals surface area contributed by atoms with Crippen LogP contribution in [-0.4, -0.2) is 51.6 Å². The first-order valence-corrected chi connectivity index (χ1v) is 11.8. The summed E-state index contributed by atoms with van der Waals surface area (Å²) >= 11 is 0. The van der Waals surface area contributed by atoms with Crippen LogP contribution in [0.3, 0.4) is 0 Å². The lowest BCUT2D eigenvalue weighted by Crippen LogP contribution is -2.58. The molecule has 1 aliphatic rings. The van der Waals surface area contributed by atoms with Crippen molar-refractivity contribution >= 4 is 24.0 Å². The Morgan fingerprint density at radius 3 is 2.49 bits per heavy atom. The lowest BCUT2D eigenvalue weighted by Gasteiger charge is -2.36. The number of hydrogen-bond donors (Lipinski definition) is 1. The van der Waals surface area contributed by atoms with Crippen molar-refractivity contribution < 1.29 is 45.8 Å². The van der Waals surface area contributed by atoms with Crippen molar-refractivity contribution in [3.05, 3.63) is 82.6 Å². The van der Waals surface area contributed by atoms with Crippen LogP contribution < -0.4 is 4.74 Å². The molecule has 0 bridgehead atoms. The maximum Gasteiger partial charge on any atom is 0.463 e. The second-order valence-electron chi connectivity index (χ2n) is 8.89. The summed E-state index contributed by atoms with van der Waals surface area (Å²) < 4.78 is 77.2. The number of carboxylic acid groups (broad SMARTS) is 1. The van der Waals surface area contributed by atoms with Crippen molar-refractivity contribution in [2.24, 2.45) is 0 Å². The first-order valence-electron chi connectivity index (χ1n) is 11.8. The van der Waals surface area contributed by atoms with E-state index in [1.807, 2.05) is 36.4 Å². The summed E-state index contributed by atoms with van der Waals surface area (Å²) in [6.45, 7) is 1.15. The van der Waals surface area contributed by atoms with Crippen molar-refractivity contribution in [3.63, 3.8) is 0 Å². The van der Waals surface area contributed by atoms with Crippen LogP contribution in [-0.2, 0) is 29.0 Å². The van der Waals surface area contributed by atoms with Gasteiger partial charge in [0, 0.05) is 25.5 Å². The molecule has 12 heteroatoms. The summed E-state index contributed by atoms with van der Waals surface area (Å²) in [5.41, 5.74) is 2.23. The number of alkyl halides is 5. The molecule has 1 atom stereocenters. The predicted octanol–water partition coefficient (Wildman–Crippen LogP) is 5.31. The number of benzene rings is 2. The monoisotopic (exact) mass is 550 g/mol. The van der Waals surface area contributed by atoms with Gasteiger partial charge in [0.25, 0.3) is 0 Å². The second kappa shape index (κ2) is 10.9. The smallest absolute Gasteiger partial charge is 0.463 e. The standard InChI is InChI=1S/C27H23F5N2O5/c1-16-21(33-23(39-16)10-7-17-5-3-2-4-6-17)11-12-38-20-9-8-18-14-22(24(35)36)34(15-19(18)13-20)25(37)26(28,29)27(30,31)32/h2-10,13,22H,11-12,14-15H2,1H3,(H,35,36)/b10-7+/t22-/m0/s1. The zero-order valence-corrected chi connectivity index (χ0v) is 20.5. The number of oxazole rings is 1. The van der Waals surface area contributed by atoms with Crippen LogP contribution in [0.1, 0.15) is 34.0 Å². The van der Waals surface area contributed by atoms with Crippen LogP contribution in [0.2, 0.25) is 0 Å². The van der Waals surface area contributed by atoms with E-state index in [9.17, 15) is 36.6 Å². The molecule has 4 rings (SSSR count). The van der Waals surface area contributed by atoms with E-state index in [0.29, 0.717) is 29.3 Å². The zero-order chi connectivity index (χ0) is 28.4. The largest absolute Gasteiger partial charge is 0.493 e. The van der Waals surface area contributed by atoms with E-state index in [2.05, 4.69) is 4.98 Å². The molecule has 0 radical (unpaired) electrons. The minimum atomic E-state index is -6.16. The summed E-state index contributed by atoms with van der Waals surface area (Å²) in [4.78, 5) is 28.2. The highest BCUT2D eigenvalue weighted by molar-refractivity contribution is 5.89. The molecule has 2 aromatic carbocycles. The van der Waals surface area contributed by atoms with E-state index in [4.69, 9.17) is 9.15 Å². The highest BCUT2D eigenvalue weighted by atomic mass is 19.4. The molecule has 1 N–H and O–H groups in total. The first-order chi connectivity index (χ1) is 18.4. The quantitative estimate of drug-likeness (QED) is 0.382. The molecule has 0 fully saturated rings. The number of aryl methyl sites for hydroxylation is 1. The predicted molar refractivity (Wildman–Crippen MR) is 129 cm³/mol. The molecule has 0 unspecified atom stereocenters. The van der Waals surface area contributed by atoms with Gasteiger partial charge in [0.15, 0.2) is 0 Å². The van der Waals surface area contributed by atoms with Gasteiger partial charge in [-0.3, -0.25) is 4.79 Å². The number of amides is 1. The minimum absolute atomic E-state index is 0.0468. The Morgan fingerprint density at radius 2 is 1.82 bits per heavy atom. The number of aliphatic carboxylic acids is 1. The van der Waals surface area contributed by atoms with Gasteiger partial charge in [-0.2, -0.15) is 22.0 Å². The van der Waals surface area contributed by atoms with E-state index in [1.165, 1.54) is 18.2 Å². The highest BCUT2D eigenvalue weighted by Gasteiger charge is 2.65. The van der Waals surface area contributed by atoms with Gasteiger partial charge in [-0.1, -0.05) is 36.4 Å². The number of ether oxygens (including phenoxy) is 1. The van der Waals surface area contributed by atoms with Gasteiger partial charge in [-0.25, -0.2) is 9.78 Å². The minimum Gasteiger partial charge on any atom is -0.493 e. The molecule has 1 aliphatic heterocycles. The average molecular weight is 550 g/mol. The molecule has 0 saturated carbocycles. The molecular weight excluding hydrogens is 527 g/mol. The van der Waals surface area contributed by atoms with E-state index in [-0.39, 0.29) is 22.8 Å². The SMILES string of the molecule is Cc1oc(/C=C/c2ccccc2)nc1CCOc1ccc2c(c1)CN(C(=O)C(F)(F)C(F)(F)F)[C@H](C(=O)O)C2. The first kappa shape index (κ1) is 27.8. The van der Waals surface area contributed by atoms with Gasteiger partial charge in [0.2, 0.25) is 5.89 Å². The molecule has 39 heavy (non-hydrogen) atoms. The Bertz CT molecular complexity index is 1380. The lowest BCUT2D eigenvalue weighted by atomic mass is 9.93. The van der Waals surface area contributed by atoms with E-state index >= 15 is 0 Å². The average Bonchev–Trinajstić information content (AvgIpc) is 3.25. The van der Waals surface area contributed by atoms with Crippen LogP contribution in [0.15, 0.2) is 52.9 Å². The fraction of sp³-hybridized carbons (Fsp3) is 0.296. The molecule has 0 aliphatic carbocycles. The summed E-state index contributed by atoms with van der Waals surface area (Å²) in [5.74, 6) is -8.75. The molecule has 1 aromatic heterocycles. The molecule has 0 spiro atoms.